The molecule has 1 heterocycles. The number of nitrogens with zero attached hydrogens (tertiary/aromatic N) is 2. The van der Waals surface area contributed by atoms with E-state index >= 15 is 0 Å². The molecule has 0 saturated heterocycles. The Hall–Kier alpha value is -2.43. The maximum atomic E-state index is 12.0. The molecule has 3 N–H and O–H groups in total. The van der Waals surface area contributed by atoms with Crippen LogP contribution in [0.15, 0.2) is 42.6 Å². The number of carbonyl (C=O) groups is 1. The van der Waals surface area contributed by atoms with Gasteiger partial charge in [0.25, 0.3) is 5.91 Å². The van der Waals surface area contributed by atoms with Gasteiger partial charge in [-0.15, -0.1) is 0 Å². The van der Waals surface area contributed by atoms with E-state index in [2.05, 4.69) is 29.4 Å². The van der Waals surface area contributed by atoms with E-state index in [0.29, 0.717) is 17.9 Å². The summed E-state index contributed by atoms with van der Waals surface area (Å²) in [6, 6.07) is 11.9. The number of amides is 1. The summed E-state index contributed by atoms with van der Waals surface area (Å²) in [5, 5.41) is 2.92. The summed E-state index contributed by atoms with van der Waals surface area (Å²) in [6.45, 7) is 1.53. The Labute approximate surface area is 125 Å². The third kappa shape index (κ3) is 4.02. The lowest BCUT2D eigenvalue weighted by Crippen LogP contribution is -2.29. The highest BCUT2D eigenvalue weighted by molar-refractivity contribution is 5.93. The number of anilines is 2. The average molecular weight is 286 g/mol. The zero-order chi connectivity index (χ0) is 15.2. The fourth-order valence-electron chi connectivity index (χ4n) is 2.24. The van der Waals surface area contributed by atoms with E-state index in [1.165, 1.54) is 5.69 Å². The molecule has 0 aliphatic rings. The first-order valence-corrected chi connectivity index (χ1v) is 7.04. The Morgan fingerprint density at radius 1 is 1.33 bits per heavy atom. The Morgan fingerprint density at radius 2 is 2.05 bits per heavy atom. The van der Waals surface area contributed by atoms with Gasteiger partial charge in [-0.25, -0.2) is 0 Å². The summed E-state index contributed by atoms with van der Waals surface area (Å²) in [5.74, 6) is -0.0865. The highest BCUT2D eigenvalue weighted by Gasteiger charge is 2.10. The van der Waals surface area contributed by atoms with Crippen molar-refractivity contribution in [2.24, 2.45) is 7.05 Å². The molecule has 0 atom stereocenters. The number of hydrogen-bond acceptors (Lipinski definition) is 3. The van der Waals surface area contributed by atoms with Crippen LogP contribution in [0.4, 0.5) is 11.4 Å². The van der Waals surface area contributed by atoms with Gasteiger partial charge in [0.05, 0.1) is 5.69 Å². The molecule has 1 amide bonds. The van der Waals surface area contributed by atoms with Crippen molar-refractivity contribution in [3.63, 3.8) is 0 Å². The predicted molar refractivity (Wildman–Crippen MR) is 86.5 cm³/mol. The van der Waals surface area contributed by atoms with Crippen molar-refractivity contribution < 1.29 is 4.79 Å². The maximum absolute atomic E-state index is 12.0. The normalized spacial score (nSPS) is 10.4. The molecule has 21 heavy (non-hydrogen) atoms. The van der Waals surface area contributed by atoms with E-state index in [0.717, 1.165) is 13.0 Å². The summed E-state index contributed by atoms with van der Waals surface area (Å²) in [6.07, 6.45) is 2.62. The maximum Gasteiger partial charge on any atom is 0.267 e. The van der Waals surface area contributed by atoms with Crippen LogP contribution in [0.2, 0.25) is 0 Å². The molecule has 1 aromatic carbocycles. The van der Waals surface area contributed by atoms with Gasteiger partial charge in [-0.1, -0.05) is 18.2 Å². The topological polar surface area (TPSA) is 63.3 Å². The lowest BCUT2D eigenvalue weighted by Gasteiger charge is -2.19. The molecule has 0 unspecified atom stereocenters. The predicted octanol–water partition coefficient (Wildman–Crippen LogP) is 1.86. The summed E-state index contributed by atoms with van der Waals surface area (Å²) < 4.78 is 1.74. The molecule has 0 radical (unpaired) electrons. The lowest BCUT2D eigenvalue weighted by atomic mass is 10.3. The summed E-state index contributed by atoms with van der Waals surface area (Å²) in [7, 11) is 3.86. The number of para-hydroxylation sites is 1. The van der Waals surface area contributed by atoms with Gasteiger partial charge in [-0.3, -0.25) is 4.79 Å². The molecule has 0 aliphatic carbocycles. The first-order valence-electron chi connectivity index (χ1n) is 7.04. The molecule has 5 nitrogen and oxygen atoms in total. The van der Waals surface area contributed by atoms with Crippen molar-refractivity contribution in [1.82, 2.24) is 9.88 Å². The summed E-state index contributed by atoms with van der Waals surface area (Å²) in [5.41, 5.74) is 8.04. The molecule has 2 aromatic rings. The fourth-order valence-corrected chi connectivity index (χ4v) is 2.24. The van der Waals surface area contributed by atoms with E-state index in [1.807, 2.05) is 25.2 Å². The molecule has 2 rings (SSSR count). The smallest absolute Gasteiger partial charge is 0.267 e. The van der Waals surface area contributed by atoms with Gasteiger partial charge in [0, 0.05) is 39.1 Å². The molecule has 1 aromatic heterocycles. The van der Waals surface area contributed by atoms with Gasteiger partial charge in [-0.2, -0.15) is 0 Å². The Morgan fingerprint density at radius 3 is 2.67 bits per heavy atom. The van der Waals surface area contributed by atoms with Crippen LogP contribution in [0.3, 0.4) is 0 Å². The summed E-state index contributed by atoms with van der Waals surface area (Å²) >= 11 is 0. The molecule has 0 saturated carbocycles. The second-order valence-electron chi connectivity index (χ2n) is 5.14. The van der Waals surface area contributed by atoms with Gasteiger partial charge >= 0.3 is 0 Å². The van der Waals surface area contributed by atoms with Gasteiger partial charge in [0.15, 0.2) is 0 Å². The number of hydrogen-bond donors (Lipinski definition) is 2. The number of aromatic nitrogens is 1. The summed E-state index contributed by atoms with van der Waals surface area (Å²) in [4.78, 5) is 14.2. The SMILES string of the molecule is CN(CCCNC(=O)c1cc(N)cn1C)c1ccccc1. The molecular formula is C16H22N4O. The number of nitrogens with two attached hydrogens (primary N) is 1. The quantitative estimate of drug-likeness (QED) is 0.797. The number of benzene rings is 1. The fraction of sp³-hybridized carbons (Fsp3) is 0.312. The van der Waals surface area contributed by atoms with E-state index in [1.54, 1.807) is 16.8 Å². The number of nitrogen functional groups attached to an aromatic ring is 1. The standard InChI is InChI=1S/C16H22N4O/c1-19(14-7-4-3-5-8-14)10-6-9-18-16(21)15-11-13(17)12-20(15)2/h3-5,7-8,11-12H,6,9-10,17H2,1-2H3,(H,18,21). The minimum absolute atomic E-state index is 0.0865. The number of rotatable bonds is 6. The minimum atomic E-state index is -0.0865. The van der Waals surface area contributed by atoms with Crippen LogP contribution in [0.25, 0.3) is 0 Å². The van der Waals surface area contributed by atoms with Gasteiger partial charge < -0.3 is 20.5 Å². The number of aryl methyl sites for hydroxylation is 1. The third-order valence-electron chi connectivity index (χ3n) is 3.41. The molecule has 112 valence electrons. The van der Waals surface area contributed by atoms with Crippen molar-refractivity contribution in [3.05, 3.63) is 48.3 Å². The Bertz CT molecular complexity index is 592. The Balaban J connectivity index is 1.75. The molecule has 0 bridgehead atoms. The molecule has 0 spiro atoms. The Kier molecular flexibility index (Phi) is 4.87. The third-order valence-corrected chi connectivity index (χ3v) is 3.41. The van der Waals surface area contributed by atoms with Crippen LogP contribution in [0.1, 0.15) is 16.9 Å². The van der Waals surface area contributed by atoms with Crippen molar-refractivity contribution in [2.75, 3.05) is 30.8 Å². The van der Waals surface area contributed by atoms with Gasteiger partial charge in [0.1, 0.15) is 5.69 Å². The van der Waals surface area contributed by atoms with E-state index in [9.17, 15) is 4.79 Å². The second-order valence-corrected chi connectivity index (χ2v) is 5.14. The molecule has 0 fully saturated rings. The minimum Gasteiger partial charge on any atom is -0.397 e. The van der Waals surface area contributed by atoms with Crippen molar-refractivity contribution in [2.45, 2.75) is 6.42 Å². The lowest BCUT2D eigenvalue weighted by molar-refractivity contribution is 0.0945. The monoisotopic (exact) mass is 286 g/mol. The van der Waals surface area contributed by atoms with Crippen LogP contribution in [-0.4, -0.2) is 30.6 Å². The van der Waals surface area contributed by atoms with Gasteiger partial charge in [-0.05, 0) is 24.6 Å². The number of nitrogens with one attached hydrogen (secondary N) is 1. The zero-order valence-electron chi connectivity index (χ0n) is 12.5. The second kappa shape index (κ2) is 6.83. The molecule has 0 aliphatic heterocycles. The van der Waals surface area contributed by atoms with E-state index in [-0.39, 0.29) is 5.91 Å². The largest absolute Gasteiger partial charge is 0.397 e. The van der Waals surface area contributed by atoms with Crippen molar-refractivity contribution in [1.29, 1.82) is 0 Å². The van der Waals surface area contributed by atoms with Crippen molar-refractivity contribution >= 4 is 17.3 Å². The first kappa shape index (κ1) is 15.0. The average Bonchev–Trinajstić information content (AvgIpc) is 2.83. The van der Waals surface area contributed by atoms with Crippen LogP contribution >= 0.6 is 0 Å². The van der Waals surface area contributed by atoms with Gasteiger partial charge in [0.2, 0.25) is 0 Å². The van der Waals surface area contributed by atoms with Crippen LogP contribution in [0, 0.1) is 0 Å². The molecular weight excluding hydrogens is 264 g/mol. The van der Waals surface area contributed by atoms with Crippen molar-refractivity contribution in [3.8, 4) is 0 Å². The van der Waals surface area contributed by atoms with E-state index in [4.69, 9.17) is 5.73 Å². The zero-order valence-corrected chi connectivity index (χ0v) is 12.5. The van der Waals surface area contributed by atoms with Crippen LogP contribution in [-0.2, 0) is 7.05 Å². The first-order chi connectivity index (χ1) is 10.1. The number of carbonyl (C=O) groups excluding carboxylic acids is 1. The highest BCUT2D eigenvalue weighted by Crippen LogP contribution is 2.11. The highest BCUT2D eigenvalue weighted by atomic mass is 16.1. The van der Waals surface area contributed by atoms with E-state index < -0.39 is 0 Å². The van der Waals surface area contributed by atoms with Crippen LogP contribution in [0.5, 0.6) is 0 Å². The molecule has 5 heteroatoms. The van der Waals surface area contributed by atoms with Crippen LogP contribution < -0.4 is 16.0 Å².